The highest BCUT2D eigenvalue weighted by Gasteiger charge is 2.42. The molecule has 0 bridgehead atoms. The minimum absolute atomic E-state index is 0.0613. The van der Waals surface area contributed by atoms with Gasteiger partial charge in [0, 0.05) is 25.3 Å². The van der Waals surface area contributed by atoms with E-state index in [2.05, 4.69) is 10.3 Å². The number of rotatable bonds is 2. The van der Waals surface area contributed by atoms with E-state index in [9.17, 15) is 9.18 Å². The van der Waals surface area contributed by atoms with E-state index in [1.54, 1.807) is 12.3 Å². The summed E-state index contributed by atoms with van der Waals surface area (Å²) >= 11 is 0. The van der Waals surface area contributed by atoms with Crippen LogP contribution in [0.1, 0.15) is 26.7 Å². The van der Waals surface area contributed by atoms with Gasteiger partial charge in [-0.25, -0.2) is 14.2 Å². The van der Waals surface area contributed by atoms with Crippen molar-refractivity contribution in [3.8, 4) is 0 Å². The summed E-state index contributed by atoms with van der Waals surface area (Å²) in [5, 5.41) is 2.93. The summed E-state index contributed by atoms with van der Waals surface area (Å²) in [5.41, 5.74) is -0.450. The van der Waals surface area contributed by atoms with Crippen LogP contribution in [-0.2, 0) is 4.74 Å². The van der Waals surface area contributed by atoms with Crippen LogP contribution in [0.4, 0.5) is 15.0 Å². The molecule has 3 rings (SSSR count). The van der Waals surface area contributed by atoms with E-state index in [1.165, 1.54) is 6.07 Å². The quantitative estimate of drug-likeness (QED) is 0.898. The first kappa shape index (κ1) is 17.0. The highest BCUT2D eigenvalue weighted by molar-refractivity contribution is 5.74. The second-order valence-corrected chi connectivity index (χ2v) is 6.89. The maximum atomic E-state index is 14.1. The predicted molar refractivity (Wildman–Crippen MR) is 89.6 cm³/mol. The van der Waals surface area contributed by atoms with Crippen LogP contribution in [0.2, 0.25) is 0 Å². The van der Waals surface area contributed by atoms with Gasteiger partial charge in [-0.3, -0.25) is 0 Å². The van der Waals surface area contributed by atoms with Gasteiger partial charge in [-0.05, 0) is 38.8 Å². The van der Waals surface area contributed by atoms with Crippen LogP contribution in [0.3, 0.4) is 0 Å². The van der Waals surface area contributed by atoms with Gasteiger partial charge < -0.3 is 19.9 Å². The first-order chi connectivity index (χ1) is 11.5. The number of urea groups is 1. The molecule has 0 saturated carbocycles. The lowest BCUT2D eigenvalue weighted by Crippen LogP contribution is -2.62. The average Bonchev–Trinajstić information content (AvgIpc) is 2.55. The molecule has 2 fully saturated rings. The molecule has 1 N–H and O–H groups in total. The molecular formula is C17H25FN4O2. The summed E-state index contributed by atoms with van der Waals surface area (Å²) in [6, 6.07) is 3.05. The van der Waals surface area contributed by atoms with Crippen molar-refractivity contribution in [1.82, 2.24) is 15.2 Å². The topological polar surface area (TPSA) is 57.7 Å². The van der Waals surface area contributed by atoms with E-state index < -0.39 is 5.60 Å². The highest BCUT2D eigenvalue weighted by Crippen LogP contribution is 2.31. The van der Waals surface area contributed by atoms with Crippen LogP contribution < -0.4 is 10.2 Å². The Balaban J connectivity index is 1.72. The van der Waals surface area contributed by atoms with E-state index in [4.69, 9.17) is 4.74 Å². The largest absolute Gasteiger partial charge is 0.369 e. The second kappa shape index (κ2) is 6.93. The van der Waals surface area contributed by atoms with Crippen LogP contribution in [-0.4, -0.2) is 60.3 Å². The lowest BCUT2D eigenvalue weighted by Gasteiger charge is -2.48. The van der Waals surface area contributed by atoms with Crippen LogP contribution in [0.5, 0.6) is 0 Å². The number of nitrogens with zero attached hydrogens (tertiary/aromatic N) is 3. The number of ether oxygens (including phenoxy) is 1. The Bertz CT molecular complexity index is 594. The lowest BCUT2D eigenvalue weighted by molar-refractivity contribution is -0.103. The third-order valence-corrected chi connectivity index (χ3v) is 4.53. The van der Waals surface area contributed by atoms with Gasteiger partial charge in [0.25, 0.3) is 0 Å². The summed E-state index contributed by atoms with van der Waals surface area (Å²) in [6.07, 6.45) is 3.35. The van der Waals surface area contributed by atoms with Gasteiger partial charge in [0.05, 0.1) is 19.7 Å². The standard InChI is InChI=1S/C17H25FN4O2/c1-13(2)20-16(23)22-9-10-24-17(12-22)6-4-8-21(11-17)15-14(18)5-3-7-19-15/h3,5,7,13H,4,6,8-12H2,1-2H3,(H,20,23)/t17-/m1/s1. The SMILES string of the molecule is CC(C)NC(=O)N1CCO[C@@]2(CCCN(c3ncccc3F)C2)C1. The predicted octanol–water partition coefficient (Wildman–Crippen LogP) is 2.01. The van der Waals surface area contributed by atoms with Crippen LogP contribution in [0.15, 0.2) is 18.3 Å². The summed E-state index contributed by atoms with van der Waals surface area (Å²) in [7, 11) is 0. The normalized spacial score (nSPS) is 24.5. The fraction of sp³-hybridized carbons (Fsp3) is 0.647. The van der Waals surface area contributed by atoms with Gasteiger partial charge in [-0.2, -0.15) is 0 Å². The number of morpholine rings is 1. The second-order valence-electron chi connectivity index (χ2n) is 6.89. The maximum absolute atomic E-state index is 14.1. The number of hydrogen-bond donors (Lipinski definition) is 1. The molecule has 1 spiro atoms. The van der Waals surface area contributed by atoms with Gasteiger partial charge in [0.2, 0.25) is 0 Å². The third kappa shape index (κ3) is 3.61. The summed E-state index contributed by atoms with van der Waals surface area (Å²) in [5.74, 6) is 0.0451. The maximum Gasteiger partial charge on any atom is 0.317 e. The van der Waals surface area contributed by atoms with Crippen molar-refractivity contribution in [1.29, 1.82) is 0 Å². The molecule has 1 aromatic heterocycles. The molecule has 1 aromatic rings. The van der Waals surface area contributed by atoms with Crippen molar-refractivity contribution in [2.45, 2.75) is 38.3 Å². The van der Waals surface area contributed by atoms with Gasteiger partial charge >= 0.3 is 6.03 Å². The number of carbonyl (C=O) groups excluding carboxylic acids is 1. The Morgan fingerprint density at radius 1 is 1.42 bits per heavy atom. The molecule has 2 aliphatic heterocycles. The van der Waals surface area contributed by atoms with Gasteiger partial charge in [-0.15, -0.1) is 0 Å². The number of anilines is 1. The van der Waals surface area contributed by atoms with Crippen LogP contribution >= 0.6 is 0 Å². The van der Waals surface area contributed by atoms with Crippen molar-refractivity contribution in [2.75, 3.05) is 37.7 Å². The van der Waals surface area contributed by atoms with Gasteiger partial charge in [-0.1, -0.05) is 0 Å². The Hall–Kier alpha value is -1.89. The third-order valence-electron chi connectivity index (χ3n) is 4.53. The first-order valence-corrected chi connectivity index (χ1v) is 8.54. The van der Waals surface area contributed by atoms with E-state index in [0.717, 1.165) is 19.4 Å². The fourth-order valence-corrected chi connectivity index (χ4v) is 3.49. The molecular weight excluding hydrogens is 311 g/mol. The Labute approximate surface area is 142 Å². The molecule has 7 heteroatoms. The molecule has 0 unspecified atom stereocenters. The average molecular weight is 336 g/mol. The summed E-state index contributed by atoms with van der Waals surface area (Å²) < 4.78 is 20.1. The Kier molecular flexibility index (Phi) is 4.89. The smallest absolute Gasteiger partial charge is 0.317 e. The number of nitrogens with one attached hydrogen (secondary N) is 1. The van der Waals surface area contributed by atoms with Gasteiger partial charge in [0.1, 0.15) is 5.60 Å². The molecule has 24 heavy (non-hydrogen) atoms. The van der Waals surface area contributed by atoms with Crippen molar-refractivity contribution < 1.29 is 13.9 Å². The molecule has 0 radical (unpaired) electrons. The lowest BCUT2D eigenvalue weighted by atomic mass is 9.90. The number of hydrogen-bond acceptors (Lipinski definition) is 4. The van der Waals surface area contributed by atoms with E-state index in [1.807, 2.05) is 23.6 Å². The Morgan fingerprint density at radius 2 is 2.25 bits per heavy atom. The number of pyridine rings is 1. The first-order valence-electron chi connectivity index (χ1n) is 8.54. The molecule has 0 aliphatic carbocycles. The van der Waals surface area contributed by atoms with Crippen LogP contribution in [0, 0.1) is 5.82 Å². The van der Waals surface area contributed by atoms with Crippen molar-refractivity contribution >= 4 is 11.8 Å². The molecule has 0 aromatic carbocycles. The fourth-order valence-electron chi connectivity index (χ4n) is 3.49. The summed E-state index contributed by atoms with van der Waals surface area (Å²) in [6.45, 7) is 6.79. The molecule has 2 amide bonds. The molecule has 1 atom stereocenters. The molecule has 2 aliphatic rings. The van der Waals surface area contributed by atoms with Crippen molar-refractivity contribution in [3.05, 3.63) is 24.1 Å². The zero-order chi connectivity index (χ0) is 17.2. The zero-order valence-corrected chi connectivity index (χ0v) is 14.3. The number of carbonyl (C=O) groups is 1. The minimum Gasteiger partial charge on any atom is -0.369 e. The molecule has 132 valence electrons. The van der Waals surface area contributed by atoms with E-state index in [0.29, 0.717) is 32.1 Å². The monoisotopic (exact) mass is 336 g/mol. The highest BCUT2D eigenvalue weighted by atomic mass is 19.1. The zero-order valence-electron chi connectivity index (χ0n) is 14.3. The van der Waals surface area contributed by atoms with Crippen LogP contribution in [0.25, 0.3) is 0 Å². The van der Waals surface area contributed by atoms with Crippen molar-refractivity contribution in [2.24, 2.45) is 0 Å². The van der Waals surface area contributed by atoms with Crippen molar-refractivity contribution in [3.63, 3.8) is 0 Å². The van der Waals surface area contributed by atoms with Gasteiger partial charge in [0.15, 0.2) is 11.6 Å². The number of piperidine rings is 1. The Morgan fingerprint density at radius 3 is 3.00 bits per heavy atom. The molecule has 2 saturated heterocycles. The number of amides is 2. The van der Waals surface area contributed by atoms with E-state index in [-0.39, 0.29) is 17.9 Å². The number of halogens is 1. The summed E-state index contributed by atoms with van der Waals surface area (Å²) in [4.78, 5) is 20.2. The van der Waals surface area contributed by atoms with E-state index >= 15 is 0 Å². The molecule has 6 nitrogen and oxygen atoms in total. The minimum atomic E-state index is -0.450. The number of aromatic nitrogens is 1. The molecule has 3 heterocycles.